The maximum Gasteiger partial charge on any atom is 0.264 e. The predicted molar refractivity (Wildman–Crippen MR) is 158 cm³/mol. The van der Waals surface area contributed by atoms with Gasteiger partial charge in [-0.2, -0.15) is 0 Å². The minimum atomic E-state index is -4.25. The first-order chi connectivity index (χ1) is 20.1. The number of carbonyl (C=O) groups excluding carboxylic acids is 2. The molecule has 0 aromatic heterocycles. The summed E-state index contributed by atoms with van der Waals surface area (Å²) in [6.07, 6.45) is 5.16. The fourth-order valence-corrected chi connectivity index (χ4v) is 6.64. The summed E-state index contributed by atoms with van der Waals surface area (Å²) in [5.41, 5.74) is 1.55. The van der Waals surface area contributed by atoms with Gasteiger partial charge >= 0.3 is 0 Å². The largest absolute Gasteiger partial charge is 0.352 e. The number of hydrogen-bond acceptors (Lipinski definition) is 4. The van der Waals surface area contributed by atoms with Gasteiger partial charge in [0.05, 0.1) is 10.6 Å². The van der Waals surface area contributed by atoms with Gasteiger partial charge in [-0.25, -0.2) is 17.2 Å². The molecule has 0 heterocycles. The molecular weight excluding hydrogens is 560 g/mol. The zero-order valence-corrected chi connectivity index (χ0v) is 24.7. The standard InChI is InChI=1S/C32H37F2N3O4S/c1-3-30(32(39)35-27-7-5-4-6-8-27)36(21-24-11-13-25(33)14-12-24)31(38)22-37(28-17-15-26(34)16-18-28)42(40,41)29-19-9-23(2)10-20-29/h9-20,27,30H,3-8,21-22H2,1-2H3,(H,35,39)/t30-/m1/s1. The van der Waals surface area contributed by atoms with E-state index in [0.717, 1.165) is 54.1 Å². The van der Waals surface area contributed by atoms with Gasteiger partial charge in [0.25, 0.3) is 10.0 Å². The summed E-state index contributed by atoms with van der Waals surface area (Å²) in [6, 6.07) is 15.8. The molecule has 0 radical (unpaired) electrons. The van der Waals surface area contributed by atoms with E-state index in [1.807, 2.05) is 6.92 Å². The van der Waals surface area contributed by atoms with Crippen LogP contribution in [0.5, 0.6) is 0 Å². The molecule has 3 aromatic carbocycles. The molecule has 1 aliphatic carbocycles. The van der Waals surface area contributed by atoms with Crippen molar-refractivity contribution in [1.29, 1.82) is 0 Å². The number of benzene rings is 3. The smallest absolute Gasteiger partial charge is 0.264 e. The number of sulfonamides is 1. The van der Waals surface area contributed by atoms with Crippen molar-refractivity contribution in [3.63, 3.8) is 0 Å². The quantitative estimate of drug-likeness (QED) is 0.306. The molecule has 4 rings (SSSR count). The third kappa shape index (κ3) is 7.73. The number of rotatable bonds is 11. The first-order valence-corrected chi connectivity index (χ1v) is 15.7. The molecule has 0 saturated heterocycles. The van der Waals surface area contributed by atoms with Crippen molar-refractivity contribution in [2.75, 3.05) is 10.8 Å². The summed E-state index contributed by atoms with van der Waals surface area (Å²) in [5.74, 6) is -1.92. The van der Waals surface area contributed by atoms with Gasteiger partial charge in [-0.15, -0.1) is 0 Å². The Labute approximate surface area is 246 Å². The van der Waals surface area contributed by atoms with Crippen LogP contribution in [0.1, 0.15) is 56.6 Å². The lowest BCUT2D eigenvalue weighted by atomic mass is 9.95. The second kappa shape index (κ2) is 13.9. The summed E-state index contributed by atoms with van der Waals surface area (Å²) in [5, 5.41) is 3.09. The van der Waals surface area contributed by atoms with Crippen LogP contribution in [0.3, 0.4) is 0 Å². The Kier molecular flexibility index (Phi) is 10.3. The lowest BCUT2D eigenvalue weighted by Gasteiger charge is -2.34. The fraction of sp³-hybridized carbons (Fsp3) is 0.375. The van der Waals surface area contributed by atoms with Crippen LogP contribution in [-0.4, -0.2) is 43.8 Å². The lowest BCUT2D eigenvalue weighted by Crippen LogP contribution is -2.54. The van der Waals surface area contributed by atoms with E-state index in [0.29, 0.717) is 5.56 Å². The highest BCUT2D eigenvalue weighted by Gasteiger charge is 2.34. The van der Waals surface area contributed by atoms with Crippen LogP contribution in [0.25, 0.3) is 0 Å². The van der Waals surface area contributed by atoms with E-state index in [-0.39, 0.29) is 35.5 Å². The third-order valence-corrected chi connectivity index (χ3v) is 9.39. The van der Waals surface area contributed by atoms with Crippen LogP contribution in [0, 0.1) is 18.6 Å². The van der Waals surface area contributed by atoms with E-state index in [1.165, 1.54) is 53.4 Å². The number of halogens is 2. The molecule has 0 aliphatic heterocycles. The van der Waals surface area contributed by atoms with Crippen LogP contribution in [0.15, 0.2) is 77.7 Å². The zero-order valence-electron chi connectivity index (χ0n) is 23.9. The van der Waals surface area contributed by atoms with Crippen molar-refractivity contribution in [2.24, 2.45) is 0 Å². The Balaban J connectivity index is 1.69. The molecule has 1 N–H and O–H groups in total. The number of nitrogens with one attached hydrogen (secondary N) is 1. The summed E-state index contributed by atoms with van der Waals surface area (Å²) in [7, 11) is -4.25. The number of carbonyl (C=O) groups is 2. The van der Waals surface area contributed by atoms with Gasteiger partial charge in [0.1, 0.15) is 24.2 Å². The molecule has 7 nitrogen and oxygen atoms in total. The van der Waals surface area contributed by atoms with E-state index < -0.39 is 40.2 Å². The van der Waals surface area contributed by atoms with E-state index in [9.17, 15) is 26.8 Å². The number of hydrogen-bond donors (Lipinski definition) is 1. The van der Waals surface area contributed by atoms with Gasteiger partial charge in [0.2, 0.25) is 11.8 Å². The predicted octanol–water partition coefficient (Wildman–Crippen LogP) is 5.72. The number of amides is 2. The molecule has 1 saturated carbocycles. The molecule has 2 amide bonds. The average molecular weight is 598 g/mol. The Morgan fingerprint density at radius 3 is 2.02 bits per heavy atom. The molecule has 0 spiro atoms. The molecule has 3 aromatic rings. The minimum Gasteiger partial charge on any atom is -0.352 e. The van der Waals surface area contributed by atoms with Gasteiger partial charge < -0.3 is 10.2 Å². The Morgan fingerprint density at radius 1 is 0.881 bits per heavy atom. The Morgan fingerprint density at radius 2 is 1.45 bits per heavy atom. The van der Waals surface area contributed by atoms with Crippen LogP contribution < -0.4 is 9.62 Å². The molecular formula is C32H37F2N3O4S. The highest BCUT2D eigenvalue weighted by atomic mass is 32.2. The van der Waals surface area contributed by atoms with Crippen LogP contribution >= 0.6 is 0 Å². The van der Waals surface area contributed by atoms with Crippen molar-refractivity contribution in [1.82, 2.24) is 10.2 Å². The van der Waals surface area contributed by atoms with E-state index >= 15 is 0 Å². The minimum absolute atomic E-state index is 0.0145. The molecule has 42 heavy (non-hydrogen) atoms. The van der Waals surface area contributed by atoms with E-state index in [2.05, 4.69) is 5.32 Å². The molecule has 224 valence electrons. The number of aryl methyl sites for hydroxylation is 1. The summed E-state index contributed by atoms with van der Waals surface area (Å²) < 4.78 is 56.1. The Hall–Kier alpha value is -3.79. The molecule has 1 atom stereocenters. The lowest BCUT2D eigenvalue weighted by molar-refractivity contribution is -0.140. The van der Waals surface area contributed by atoms with Crippen molar-refractivity contribution in [3.8, 4) is 0 Å². The number of anilines is 1. The van der Waals surface area contributed by atoms with Gasteiger partial charge in [-0.1, -0.05) is 56.0 Å². The maximum atomic E-state index is 14.1. The summed E-state index contributed by atoms with van der Waals surface area (Å²) in [6.45, 7) is 2.96. The van der Waals surface area contributed by atoms with Crippen molar-refractivity contribution in [3.05, 3.63) is 95.6 Å². The number of nitrogens with zero attached hydrogens (tertiary/aromatic N) is 2. The van der Waals surface area contributed by atoms with Gasteiger partial charge in [0.15, 0.2) is 0 Å². The summed E-state index contributed by atoms with van der Waals surface area (Å²) >= 11 is 0. The molecule has 1 fully saturated rings. The molecule has 0 bridgehead atoms. The van der Waals surface area contributed by atoms with Gasteiger partial charge in [0, 0.05) is 12.6 Å². The highest BCUT2D eigenvalue weighted by Crippen LogP contribution is 2.26. The second-order valence-corrected chi connectivity index (χ2v) is 12.6. The van der Waals surface area contributed by atoms with Gasteiger partial charge in [-0.05, 0) is 80.3 Å². The highest BCUT2D eigenvalue weighted by molar-refractivity contribution is 7.92. The van der Waals surface area contributed by atoms with E-state index in [4.69, 9.17) is 0 Å². The molecule has 0 unspecified atom stereocenters. The SMILES string of the molecule is CC[C@H](C(=O)NC1CCCCC1)N(Cc1ccc(F)cc1)C(=O)CN(c1ccc(F)cc1)S(=O)(=O)c1ccc(C)cc1. The molecule has 1 aliphatic rings. The fourth-order valence-electron chi connectivity index (χ4n) is 5.22. The average Bonchev–Trinajstić information content (AvgIpc) is 2.98. The monoisotopic (exact) mass is 597 g/mol. The molecule has 10 heteroatoms. The maximum absolute atomic E-state index is 14.1. The Bertz CT molecular complexity index is 1460. The van der Waals surface area contributed by atoms with Crippen molar-refractivity contribution in [2.45, 2.75) is 75.9 Å². The first kappa shape index (κ1) is 31.2. The summed E-state index contributed by atoms with van der Waals surface area (Å²) in [4.78, 5) is 28.9. The van der Waals surface area contributed by atoms with Crippen LogP contribution in [0.2, 0.25) is 0 Å². The third-order valence-electron chi connectivity index (χ3n) is 7.61. The van der Waals surface area contributed by atoms with Crippen LogP contribution in [-0.2, 0) is 26.2 Å². The van der Waals surface area contributed by atoms with Crippen molar-refractivity contribution < 1.29 is 26.8 Å². The van der Waals surface area contributed by atoms with Gasteiger partial charge in [-0.3, -0.25) is 13.9 Å². The first-order valence-electron chi connectivity index (χ1n) is 14.3. The zero-order chi connectivity index (χ0) is 30.3. The normalized spacial score (nSPS) is 14.7. The second-order valence-electron chi connectivity index (χ2n) is 10.7. The van der Waals surface area contributed by atoms with Crippen LogP contribution in [0.4, 0.5) is 14.5 Å². The van der Waals surface area contributed by atoms with Crippen molar-refractivity contribution >= 4 is 27.5 Å². The van der Waals surface area contributed by atoms with E-state index in [1.54, 1.807) is 19.1 Å². The topological polar surface area (TPSA) is 86.8 Å².